The maximum atomic E-state index is 12.3. The number of hydrogen-bond donors (Lipinski definition) is 1. The highest BCUT2D eigenvalue weighted by atomic mass is 32.2. The van der Waals surface area contributed by atoms with Gasteiger partial charge in [-0.3, -0.25) is 4.79 Å². The van der Waals surface area contributed by atoms with Crippen LogP contribution in [0.3, 0.4) is 0 Å². The van der Waals surface area contributed by atoms with Crippen molar-refractivity contribution < 1.29 is 22.4 Å². The van der Waals surface area contributed by atoms with Crippen molar-refractivity contribution in [2.24, 2.45) is 5.14 Å². The minimum absolute atomic E-state index is 0.00995. The fraction of sp³-hybridized carbons (Fsp3) is 0.118. The lowest BCUT2D eigenvalue weighted by molar-refractivity contribution is 0.102. The lowest BCUT2D eigenvalue weighted by Gasteiger charge is -2.02. The summed E-state index contributed by atoms with van der Waals surface area (Å²) in [7, 11) is -2.23. The Morgan fingerprint density at radius 2 is 1.93 bits per heavy atom. The van der Waals surface area contributed by atoms with Crippen molar-refractivity contribution in [1.82, 2.24) is 10.2 Å². The summed E-state index contributed by atoms with van der Waals surface area (Å²) in [4.78, 5) is 12.2. The van der Waals surface area contributed by atoms with E-state index in [9.17, 15) is 13.2 Å². The third-order valence-electron chi connectivity index (χ3n) is 3.55. The third-order valence-corrected chi connectivity index (χ3v) is 5.30. The highest BCUT2D eigenvalue weighted by molar-refractivity contribution is 7.99. The number of methoxy groups -OCH3 is 1. The largest absolute Gasteiger partial charge is 0.497 e. The molecule has 0 amide bonds. The summed E-state index contributed by atoms with van der Waals surface area (Å²) < 4.78 is 33.2. The maximum Gasteiger partial charge on any atom is 0.277 e. The van der Waals surface area contributed by atoms with Gasteiger partial charge in [-0.2, -0.15) is 0 Å². The Kier molecular flexibility index (Phi) is 5.59. The van der Waals surface area contributed by atoms with Crippen molar-refractivity contribution in [2.45, 2.75) is 10.1 Å². The second kappa shape index (κ2) is 7.91. The Balaban J connectivity index is 1.66. The molecule has 0 fully saturated rings. The molecule has 0 aliphatic rings. The highest BCUT2D eigenvalue weighted by Crippen LogP contribution is 2.25. The number of primary sulfonamides is 1. The smallest absolute Gasteiger partial charge is 0.277 e. The second-order valence-corrected chi connectivity index (χ2v) is 7.87. The lowest BCUT2D eigenvalue weighted by Crippen LogP contribution is -2.11. The molecule has 10 heteroatoms. The van der Waals surface area contributed by atoms with E-state index >= 15 is 0 Å². The normalized spacial score (nSPS) is 11.3. The summed E-state index contributed by atoms with van der Waals surface area (Å²) >= 11 is 1.11. The van der Waals surface area contributed by atoms with Gasteiger partial charge in [0.15, 0.2) is 5.78 Å². The van der Waals surface area contributed by atoms with Gasteiger partial charge in [-0.25, -0.2) is 13.6 Å². The minimum atomic E-state index is -3.76. The van der Waals surface area contributed by atoms with Crippen LogP contribution in [-0.4, -0.2) is 37.3 Å². The molecule has 1 aromatic heterocycles. The molecule has 0 spiro atoms. The van der Waals surface area contributed by atoms with Crippen molar-refractivity contribution in [3.05, 3.63) is 54.1 Å². The Morgan fingerprint density at radius 1 is 1.19 bits per heavy atom. The molecular weight excluding hydrogens is 390 g/mol. The zero-order chi connectivity index (χ0) is 19.4. The zero-order valence-corrected chi connectivity index (χ0v) is 15.8. The fourth-order valence-corrected chi connectivity index (χ4v) is 3.35. The zero-order valence-electron chi connectivity index (χ0n) is 14.2. The molecule has 3 aromatic rings. The molecule has 3 rings (SSSR count). The van der Waals surface area contributed by atoms with Crippen molar-refractivity contribution in [3.63, 3.8) is 0 Å². The molecule has 0 unspecified atom stereocenters. The molecule has 140 valence electrons. The second-order valence-electron chi connectivity index (χ2n) is 5.39. The van der Waals surface area contributed by atoms with Crippen LogP contribution in [0.25, 0.3) is 11.5 Å². The number of nitrogens with two attached hydrogens (primary N) is 1. The first-order chi connectivity index (χ1) is 12.9. The number of sulfonamides is 1. The lowest BCUT2D eigenvalue weighted by atomic mass is 10.1. The van der Waals surface area contributed by atoms with Crippen molar-refractivity contribution in [1.29, 1.82) is 0 Å². The molecule has 2 aromatic carbocycles. The van der Waals surface area contributed by atoms with Crippen LogP contribution < -0.4 is 9.88 Å². The van der Waals surface area contributed by atoms with Crippen LogP contribution in [0.5, 0.6) is 5.75 Å². The number of carbonyl (C=O) groups excluding carboxylic acids is 1. The molecule has 0 saturated carbocycles. The standard InChI is InChI=1S/C17H15N3O5S2/c1-24-13-4-2-3-12(9-13)15(21)10-26-17-20-19-16(25-17)11-5-7-14(8-6-11)27(18,22)23/h2-9H,10H2,1H3,(H2,18,22,23). The Labute approximate surface area is 159 Å². The van der Waals surface area contributed by atoms with E-state index in [1.807, 2.05) is 0 Å². The van der Waals surface area contributed by atoms with E-state index in [0.717, 1.165) is 11.8 Å². The molecule has 27 heavy (non-hydrogen) atoms. The molecule has 0 atom stereocenters. The van der Waals surface area contributed by atoms with Crippen molar-refractivity contribution in [2.75, 3.05) is 12.9 Å². The van der Waals surface area contributed by atoms with Gasteiger partial charge in [-0.1, -0.05) is 23.9 Å². The summed E-state index contributed by atoms with van der Waals surface area (Å²) in [5, 5.41) is 13.1. The molecular formula is C17H15N3O5S2. The number of Topliss-reactive ketones (excluding diaryl/α,β-unsaturated/α-hetero) is 1. The van der Waals surface area contributed by atoms with Crippen LogP contribution in [0.2, 0.25) is 0 Å². The molecule has 0 aliphatic carbocycles. The monoisotopic (exact) mass is 405 g/mol. The van der Waals surface area contributed by atoms with Gasteiger partial charge in [0.25, 0.3) is 5.22 Å². The first kappa shape index (κ1) is 19.1. The quantitative estimate of drug-likeness (QED) is 0.469. The summed E-state index contributed by atoms with van der Waals surface area (Å²) in [6, 6.07) is 12.6. The summed E-state index contributed by atoms with van der Waals surface area (Å²) in [5.41, 5.74) is 1.07. The fourth-order valence-electron chi connectivity index (χ4n) is 2.18. The van der Waals surface area contributed by atoms with Crippen LogP contribution in [0.1, 0.15) is 10.4 Å². The molecule has 2 N–H and O–H groups in total. The first-order valence-electron chi connectivity index (χ1n) is 7.63. The van der Waals surface area contributed by atoms with E-state index in [0.29, 0.717) is 16.9 Å². The molecule has 1 heterocycles. The number of thioether (sulfide) groups is 1. The van der Waals surface area contributed by atoms with Gasteiger partial charge < -0.3 is 9.15 Å². The first-order valence-corrected chi connectivity index (χ1v) is 10.2. The van der Waals surface area contributed by atoms with Gasteiger partial charge in [0.1, 0.15) is 5.75 Å². The predicted molar refractivity (Wildman–Crippen MR) is 99.2 cm³/mol. The van der Waals surface area contributed by atoms with Gasteiger partial charge in [0, 0.05) is 11.1 Å². The van der Waals surface area contributed by atoms with Gasteiger partial charge in [0.2, 0.25) is 15.9 Å². The number of hydrogen-bond acceptors (Lipinski definition) is 8. The predicted octanol–water partition coefficient (Wildman–Crippen LogP) is 2.37. The number of nitrogens with zero attached hydrogens (tertiary/aromatic N) is 2. The summed E-state index contributed by atoms with van der Waals surface area (Å²) in [6.45, 7) is 0. The van der Waals surface area contributed by atoms with E-state index in [-0.39, 0.29) is 27.5 Å². The Morgan fingerprint density at radius 3 is 2.59 bits per heavy atom. The van der Waals surface area contributed by atoms with Crippen LogP contribution in [0.15, 0.2) is 63.1 Å². The Bertz CT molecular complexity index is 1060. The number of ether oxygens (including phenoxy) is 1. The Hall–Kier alpha value is -2.69. The van der Waals surface area contributed by atoms with E-state index in [2.05, 4.69) is 10.2 Å². The van der Waals surface area contributed by atoms with Gasteiger partial charge in [-0.15, -0.1) is 10.2 Å². The van der Waals surface area contributed by atoms with Gasteiger partial charge >= 0.3 is 0 Å². The third kappa shape index (κ3) is 4.73. The van der Waals surface area contributed by atoms with Crippen LogP contribution >= 0.6 is 11.8 Å². The SMILES string of the molecule is COc1cccc(C(=O)CSc2nnc(-c3ccc(S(N)(=O)=O)cc3)o2)c1. The molecule has 0 bridgehead atoms. The minimum Gasteiger partial charge on any atom is -0.497 e. The maximum absolute atomic E-state index is 12.3. The van der Waals surface area contributed by atoms with Crippen LogP contribution in [0, 0.1) is 0 Å². The van der Waals surface area contributed by atoms with E-state index in [1.165, 1.54) is 31.4 Å². The number of aromatic nitrogens is 2. The topological polar surface area (TPSA) is 125 Å². The highest BCUT2D eigenvalue weighted by Gasteiger charge is 2.14. The van der Waals surface area contributed by atoms with E-state index in [1.54, 1.807) is 24.3 Å². The molecule has 8 nitrogen and oxygen atoms in total. The van der Waals surface area contributed by atoms with Gasteiger partial charge in [-0.05, 0) is 36.4 Å². The average molecular weight is 405 g/mol. The molecule has 0 aliphatic heterocycles. The van der Waals surface area contributed by atoms with Crippen LogP contribution in [0.4, 0.5) is 0 Å². The molecule has 0 saturated heterocycles. The summed E-state index contributed by atoms with van der Waals surface area (Å²) in [5.74, 6) is 0.844. The van der Waals surface area contributed by atoms with E-state index in [4.69, 9.17) is 14.3 Å². The van der Waals surface area contributed by atoms with Crippen molar-refractivity contribution >= 4 is 27.6 Å². The number of benzene rings is 2. The number of ketones is 1. The average Bonchev–Trinajstić information content (AvgIpc) is 3.14. The summed E-state index contributed by atoms with van der Waals surface area (Å²) in [6.07, 6.45) is 0. The van der Waals surface area contributed by atoms with Crippen LogP contribution in [-0.2, 0) is 10.0 Å². The number of carbonyl (C=O) groups is 1. The van der Waals surface area contributed by atoms with E-state index < -0.39 is 10.0 Å². The molecule has 0 radical (unpaired) electrons. The number of rotatable bonds is 7. The van der Waals surface area contributed by atoms with Crippen molar-refractivity contribution in [3.8, 4) is 17.2 Å². The van der Waals surface area contributed by atoms with Gasteiger partial charge in [0.05, 0.1) is 17.8 Å².